The Bertz CT molecular complexity index is 903. The molecule has 1 aliphatic heterocycles. The van der Waals surface area contributed by atoms with E-state index in [1.165, 1.54) is 4.90 Å². The predicted octanol–water partition coefficient (Wildman–Crippen LogP) is 1.75. The molecule has 27 heavy (non-hydrogen) atoms. The monoisotopic (exact) mass is 365 g/mol. The van der Waals surface area contributed by atoms with E-state index in [1.54, 1.807) is 26.5 Å². The lowest BCUT2D eigenvalue weighted by atomic mass is 10.2. The van der Waals surface area contributed by atoms with Crippen LogP contribution >= 0.6 is 0 Å². The van der Waals surface area contributed by atoms with Crippen LogP contribution in [0.5, 0.6) is 0 Å². The number of pyridine rings is 1. The number of hydrogen-bond acceptors (Lipinski definition) is 7. The molecule has 0 aromatic carbocycles. The van der Waals surface area contributed by atoms with Crippen LogP contribution < -0.4 is 10.2 Å². The molecule has 0 bridgehead atoms. The first-order valence-corrected chi connectivity index (χ1v) is 8.83. The molecule has 1 saturated heterocycles. The van der Waals surface area contributed by atoms with Gasteiger partial charge in [-0.2, -0.15) is 5.26 Å². The Balaban J connectivity index is 1.81. The molecule has 8 heteroatoms. The van der Waals surface area contributed by atoms with Crippen LogP contribution in [-0.2, 0) is 0 Å². The SMILES string of the molecule is Cc1nc(C(=O)N(C)C)nc(N2CC[C@@H](Nc3ccncc3C#N)C2)c1C. The molecular formula is C19H23N7O. The molecule has 0 spiro atoms. The maximum Gasteiger partial charge on any atom is 0.291 e. The lowest BCUT2D eigenvalue weighted by molar-refractivity contribution is 0.0815. The fourth-order valence-corrected chi connectivity index (χ4v) is 3.12. The predicted molar refractivity (Wildman–Crippen MR) is 103 cm³/mol. The minimum atomic E-state index is -0.205. The molecule has 1 aliphatic rings. The first-order valence-electron chi connectivity index (χ1n) is 8.83. The number of nitrogens with one attached hydrogen (secondary N) is 1. The molecule has 3 heterocycles. The first-order chi connectivity index (χ1) is 12.9. The summed E-state index contributed by atoms with van der Waals surface area (Å²) in [4.78, 5) is 28.8. The molecule has 2 aromatic heterocycles. The van der Waals surface area contributed by atoms with Crippen molar-refractivity contribution in [3.05, 3.63) is 41.1 Å². The Morgan fingerprint density at radius 3 is 2.85 bits per heavy atom. The zero-order valence-corrected chi connectivity index (χ0v) is 16.0. The van der Waals surface area contributed by atoms with Gasteiger partial charge in [-0.3, -0.25) is 9.78 Å². The Kier molecular flexibility index (Phi) is 5.21. The van der Waals surface area contributed by atoms with E-state index in [0.717, 1.165) is 42.3 Å². The number of carbonyl (C=O) groups excluding carboxylic acids is 1. The van der Waals surface area contributed by atoms with Gasteiger partial charge in [0.05, 0.1) is 11.3 Å². The Morgan fingerprint density at radius 2 is 2.15 bits per heavy atom. The molecule has 0 radical (unpaired) electrons. The summed E-state index contributed by atoms with van der Waals surface area (Å²) in [5, 5.41) is 12.7. The van der Waals surface area contributed by atoms with Crippen molar-refractivity contribution in [2.45, 2.75) is 26.3 Å². The summed E-state index contributed by atoms with van der Waals surface area (Å²) in [5.41, 5.74) is 3.11. The number of aryl methyl sites for hydroxylation is 1. The van der Waals surface area contributed by atoms with Gasteiger partial charge in [0, 0.05) is 56.9 Å². The smallest absolute Gasteiger partial charge is 0.291 e. The first kappa shape index (κ1) is 18.6. The van der Waals surface area contributed by atoms with Crippen molar-refractivity contribution in [3.8, 4) is 6.07 Å². The van der Waals surface area contributed by atoms with Crippen LogP contribution in [0.15, 0.2) is 18.5 Å². The van der Waals surface area contributed by atoms with Gasteiger partial charge in [-0.25, -0.2) is 9.97 Å². The van der Waals surface area contributed by atoms with E-state index in [1.807, 2.05) is 19.9 Å². The van der Waals surface area contributed by atoms with Crippen LogP contribution in [0, 0.1) is 25.2 Å². The summed E-state index contributed by atoms with van der Waals surface area (Å²) in [6.07, 6.45) is 4.14. The molecule has 2 aromatic rings. The Morgan fingerprint density at radius 1 is 1.37 bits per heavy atom. The summed E-state index contributed by atoms with van der Waals surface area (Å²) < 4.78 is 0. The van der Waals surface area contributed by atoms with Gasteiger partial charge in [-0.05, 0) is 26.3 Å². The minimum Gasteiger partial charge on any atom is -0.379 e. The third kappa shape index (κ3) is 3.82. The second-order valence-electron chi connectivity index (χ2n) is 6.89. The van der Waals surface area contributed by atoms with Gasteiger partial charge in [0.25, 0.3) is 5.91 Å². The van der Waals surface area contributed by atoms with Crippen molar-refractivity contribution in [3.63, 3.8) is 0 Å². The summed E-state index contributed by atoms with van der Waals surface area (Å²) in [7, 11) is 3.38. The fourth-order valence-electron chi connectivity index (χ4n) is 3.12. The molecule has 0 aliphatic carbocycles. The van der Waals surface area contributed by atoms with Gasteiger partial charge >= 0.3 is 0 Å². The van der Waals surface area contributed by atoms with Gasteiger partial charge in [-0.1, -0.05) is 0 Å². The summed E-state index contributed by atoms with van der Waals surface area (Å²) in [6.45, 7) is 5.43. The van der Waals surface area contributed by atoms with E-state index in [9.17, 15) is 10.1 Å². The lowest BCUT2D eigenvalue weighted by Crippen LogP contribution is -2.30. The van der Waals surface area contributed by atoms with Crippen LogP contribution in [0.25, 0.3) is 0 Å². The Hall–Kier alpha value is -3.21. The van der Waals surface area contributed by atoms with Crippen molar-refractivity contribution in [1.82, 2.24) is 19.9 Å². The Labute approximate surface area is 158 Å². The second-order valence-corrected chi connectivity index (χ2v) is 6.89. The quantitative estimate of drug-likeness (QED) is 0.881. The van der Waals surface area contributed by atoms with Crippen molar-refractivity contribution >= 4 is 17.4 Å². The summed E-state index contributed by atoms with van der Waals surface area (Å²) >= 11 is 0. The number of nitriles is 1. The molecule has 140 valence electrons. The fraction of sp³-hybridized carbons (Fsp3) is 0.421. The molecule has 1 N–H and O–H groups in total. The topological polar surface area (TPSA) is 98.0 Å². The second kappa shape index (κ2) is 7.58. The number of hydrogen-bond donors (Lipinski definition) is 1. The molecule has 3 rings (SSSR count). The maximum absolute atomic E-state index is 12.3. The molecule has 0 saturated carbocycles. The molecule has 8 nitrogen and oxygen atoms in total. The van der Waals surface area contributed by atoms with Crippen LogP contribution in [0.1, 0.15) is 33.9 Å². The van der Waals surface area contributed by atoms with Crippen molar-refractivity contribution in [2.75, 3.05) is 37.4 Å². The standard InChI is InChI=1S/C19H23N7O/c1-12-13(2)22-17(19(27)25(3)4)24-18(12)26-8-6-15(11-26)23-16-5-7-21-10-14(16)9-20/h5,7,10,15H,6,8,11H2,1-4H3,(H,21,23)/t15-/m1/s1. The van der Waals surface area contributed by atoms with E-state index in [-0.39, 0.29) is 17.8 Å². The molecule has 1 atom stereocenters. The average Bonchev–Trinajstić information content (AvgIpc) is 3.11. The third-order valence-corrected chi connectivity index (χ3v) is 4.75. The van der Waals surface area contributed by atoms with Crippen molar-refractivity contribution in [1.29, 1.82) is 5.26 Å². The molecular weight excluding hydrogens is 342 g/mol. The molecule has 1 fully saturated rings. The zero-order chi connectivity index (χ0) is 19.6. The van der Waals surface area contributed by atoms with E-state index in [4.69, 9.17) is 0 Å². The highest BCUT2D eigenvalue weighted by Crippen LogP contribution is 2.26. The van der Waals surface area contributed by atoms with Gasteiger partial charge in [0.15, 0.2) is 0 Å². The normalized spacial score (nSPS) is 16.1. The largest absolute Gasteiger partial charge is 0.379 e. The maximum atomic E-state index is 12.3. The van der Waals surface area contributed by atoms with Gasteiger partial charge in [0.2, 0.25) is 5.82 Å². The summed E-state index contributed by atoms with van der Waals surface area (Å²) in [6, 6.07) is 4.16. The van der Waals surface area contributed by atoms with Crippen LogP contribution in [0.2, 0.25) is 0 Å². The number of rotatable bonds is 4. The number of nitrogens with zero attached hydrogens (tertiary/aromatic N) is 6. The number of carbonyl (C=O) groups is 1. The van der Waals surface area contributed by atoms with Gasteiger partial charge in [-0.15, -0.1) is 0 Å². The van der Waals surface area contributed by atoms with Crippen LogP contribution in [-0.4, -0.2) is 59.0 Å². The van der Waals surface area contributed by atoms with Gasteiger partial charge < -0.3 is 15.1 Å². The van der Waals surface area contributed by atoms with Crippen molar-refractivity contribution in [2.24, 2.45) is 0 Å². The van der Waals surface area contributed by atoms with E-state index >= 15 is 0 Å². The molecule has 0 unspecified atom stereocenters. The summed E-state index contributed by atoms with van der Waals surface area (Å²) in [5.74, 6) is 0.811. The minimum absolute atomic E-state index is 0.183. The number of aromatic nitrogens is 3. The highest BCUT2D eigenvalue weighted by molar-refractivity contribution is 5.90. The number of anilines is 2. The molecule has 1 amide bonds. The van der Waals surface area contributed by atoms with Gasteiger partial charge in [0.1, 0.15) is 11.9 Å². The van der Waals surface area contributed by atoms with E-state index in [0.29, 0.717) is 5.56 Å². The van der Waals surface area contributed by atoms with Crippen LogP contribution in [0.4, 0.5) is 11.5 Å². The van der Waals surface area contributed by atoms with Crippen LogP contribution in [0.3, 0.4) is 0 Å². The highest BCUT2D eigenvalue weighted by Gasteiger charge is 2.27. The zero-order valence-electron chi connectivity index (χ0n) is 16.0. The lowest BCUT2D eigenvalue weighted by Gasteiger charge is -2.22. The number of amides is 1. The highest BCUT2D eigenvalue weighted by atomic mass is 16.2. The third-order valence-electron chi connectivity index (χ3n) is 4.75. The van der Waals surface area contributed by atoms with E-state index in [2.05, 4.69) is 31.2 Å². The van der Waals surface area contributed by atoms with E-state index < -0.39 is 0 Å². The van der Waals surface area contributed by atoms with Crippen molar-refractivity contribution < 1.29 is 4.79 Å². The average molecular weight is 365 g/mol.